The van der Waals surface area contributed by atoms with Crippen LogP contribution in [0, 0.1) is 17.8 Å². The number of hydrogen-bond donors (Lipinski definition) is 1. The Bertz CT molecular complexity index is 165. The first-order valence-electron chi connectivity index (χ1n) is 6.00. The van der Waals surface area contributed by atoms with E-state index in [2.05, 4.69) is 19.2 Å². The van der Waals surface area contributed by atoms with E-state index in [0.29, 0.717) is 0 Å². The molecule has 1 aliphatic heterocycles. The molecule has 2 aliphatic rings. The van der Waals surface area contributed by atoms with E-state index < -0.39 is 0 Å². The second-order valence-electron chi connectivity index (χ2n) is 5.35. The van der Waals surface area contributed by atoms with Gasteiger partial charge in [0.05, 0.1) is 0 Å². The topological polar surface area (TPSA) is 12.0 Å². The molecule has 0 aromatic heterocycles. The van der Waals surface area contributed by atoms with Crippen molar-refractivity contribution < 1.29 is 0 Å². The Hall–Kier alpha value is -0.0400. The van der Waals surface area contributed by atoms with E-state index in [-0.39, 0.29) is 0 Å². The third-order valence-electron chi connectivity index (χ3n) is 3.84. The number of fused-ring (bicyclic) bond motifs is 1. The Morgan fingerprint density at radius 1 is 1.23 bits per heavy atom. The number of nitrogens with one attached hydrogen (secondary N) is 1. The van der Waals surface area contributed by atoms with Gasteiger partial charge in [-0.3, -0.25) is 0 Å². The molecule has 1 nitrogen and oxygen atoms in total. The van der Waals surface area contributed by atoms with Crippen LogP contribution in [0.2, 0.25) is 0 Å². The molecule has 1 heterocycles. The first-order valence-corrected chi connectivity index (χ1v) is 6.00. The van der Waals surface area contributed by atoms with Crippen molar-refractivity contribution in [3.63, 3.8) is 0 Å². The predicted molar refractivity (Wildman–Crippen MR) is 56.7 cm³/mol. The Balaban J connectivity index is 1.91. The summed E-state index contributed by atoms with van der Waals surface area (Å²) in [7, 11) is 0. The minimum Gasteiger partial charge on any atom is -0.313 e. The van der Waals surface area contributed by atoms with Crippen molar-refractivity contribution in [2.75, 3.05) is 6.54 Å². The lowest BCUT2D eigenvalue weighted by Gasteiger charge is -2.29. The zero-order valence-corrected chi connectivity index (χ0v) is 9.05. The van der Waals surface area contributed by atoms with Crippen molar-refractivity contribution in [3.05, 3.63) is 0 Å². The third-order valence-corrected chi connectivity index (χ3v) is 3.84. The zero-order valence-electron chi connectivity index (χ0n) is 9.05. The van der Waals surface area contributed by atoms with Crippen molar-refractivity contribution in [2.45, 2.75) is 52.0 Å². The van der Waals surface area contributed by atoms with Gasteiger partial charge in [-0.05, 0) is 43.6 Å². The molecule has 0 aromatic rings. The summed E-state index contributed by atoms with van der Waals surface area (Å²) in [6.07, 6.45) is 7.32. The summed E-state index contributed by atoms with van der Waals surface area (Å²) in [6.45, 7) is 6.01. The van der Waals surface area contributed by atoms with Crippen LogP contribution < -0.4 is 5.32 Å². The summed E-state index contributed by atoms with van der Waals surface area (Å²) < 4.78 is 0. The fourth-order valence-corrected chi connectivity index (χ4v) is 3.29. The SMILES string of the molecule is CC(C)CC1CNC2CCCCC12. The molecule has 76 valence electrons. The van der Waals surface area contributed by atoms with Gasteiger partial charge in [-0.1, -0.05) is 26.7 Å². The van der Waals surface area contributed by atoms with Crippen LogP contribution in [0.4, 0.5) is 0 Å². The molecule has 2 rings (SSSR count). The maximum atomic E-state index is 3.71. The smallest absolute Gasteiger partial charge is 0.00985 e. The van der Waals surface area contributed by atoms with Gasteiger partial charge in [-0.15, -0.1) is 0 Å². The molecule has 3 unspecified atom stereocenters. The van der Waals surface area contributed by atoms with Gasteiger partial charge < -0.3 is 5.32 Å². The molecule has 1 saturated carbocycles. The molecule has 0 amide bonds. The van der Waals surface area contributed by atoms with E-state index in [4.69, 9.17) is 0 Å². The molecule has 1 aliphatic carbocycles. The molecule has 0 bridgehead atoms. The molecule has 1 heteroatoms. The second-order valence-corrected chi connectivity index (χ2v) is 5.35. The fourth-order valence-electron chi connectivity index (χ4n) is 3.29. The lowest BCUT2D eigenvalue weighted by molar-refractivity contribution is 0.250. The standard InChI is InChI=1S/C12H23N/c1-9(2)7-10-8-13-12-6-4-3-5-11(10)12/h9-13H,3-8H2,1-2H3. The Morgan fingerprint density at radius 3 is 2.77 bits per heavy atom. The van der Waals surface area contributed by atoms with E-state index >= 15 is 0 Å². The third kappa shape index (κ3) is 2.07. The summed E-state index contributed by atoms with van der Waals surface area (Å²) in [4.78, 5) is 0. The molecule has 0 spiro atoms. The fraction of sp³-hybridized carbons (Fsp3) is 1.00. The summed E-state index contributed by atoms with van der Waals surface area (Å²) in [5.41, 5.74) is 0. The van der Waals surface area contributed by atoms with Crippen LogP contribution >= 0.6 is 0 Å². The normalized spacial score (nSPS) is 39.5. The summed E-state index contributed by atoms with van der Waals surface area (Å²) >= 11 is 0. The molecular weight excluding hydrogens is 158 g/mol. The van der Waals surface area contributed by atoms with Crippen molar-refractivity contribution in [2.24, 2.45) is 17.8 Å². The molecule has 0 radical (unpaired) electrons. The van der Waals surface area contributed by atoms with Crippen LogP contribution in [0.1, 0.15) is 46.0 Å². The first-order chi connectivity index (χ1) is 6.27. The van der Waals surface area contributed by atoms with Crippen LogP contribution in [0.15, 0.2) is 0 Å². The van der Waals surface area contributed by atoms with Gasteiger partial charge in [-0.2, -0.15) is 0 Å². The Kier molecular flexibility index (Phi) is 2.92. The lowest BCUT2D eigenvalue weighted by Crippen LogP contribution is -2.30. The highest BCUT2D eigenvalue weighted by molar-refractivity contribution is 4.92. The maximum absolute atomic E-state index is 3.71. The minimum absolute atomic E-state index is 0.882. The molecule has 1 N–H and O–H groups in total. The van der Waals surface area contributed by atoms with E-state index in [1.807, 2.05) is 0 Å². The van der Waals surface area contributed by atoms with E-state index in [9.17, 15) is 0 Å². The number of rotatable bonds is 2. The number of hydrogen-bond acceptors (Lipinski definition) is 1. The zero-order chi connectivity index (χ0) is 9.26. The Labute approximate surface area is 82.3 Å². The minimum atomic E-state index is 0.882. The largest absolute Gasteiger partial charge is 0.313 e. The molecule has 2 fully saturated rings. The van der Waals surface area contributed by atoms with Crippen LogP contribution in [0.25, 0.3) is 0 Å². The maximum Gasteiger partial charge on any atom is 0.00985 e. The average Bonchev–Trinajstić information content (AvgIpc) is 2.48. The van der Waals surface area contributed by atoms with Crippen molar-refractivity contribution in [1.29, 1.82) is 0 Å². The van der Waals surface area contributed by atoms with Crippen molar-refractivity contribution in [3.8, 4) is 0 Å². The molecule has 3 atom stereocenters. The van der Waals surface area contributed by atoms with Gasteiger partial charge >= 0.3 is 0 Å². The first kappa shape index (κ1) is 9.51. The molecular formula is C12H23N. The monoisotopic (exact) mass is 181 g/mol. The molecule has 1 saturated heterocycles. The van der Waals surface area contributed by atoms with E-state index in [1.165, 1.54) is 38.6 Å². The van der Waals surface area contributed by atoms with Crippen LogP contribution in [0.3, 0.4) is 0 Å². The summed E-state index contributed by atoms with van der Waals surface area (Å²) in [6, 6.07) is 0.887. The second kappa shape index (κ2) is 4.00. The van der Waals surface area contributed by atoms with Gasteiger partial charge in [-0.25, -0.2) is 0 Å². The average molecular weight is 181 g/mol. The van der Waals surface area contributed by atoms with Gasteiger partial charge in [0, 0.05) is 6.04 Å². The van der Waals surface area contributed by atoms with Crippen molar-refractivity contribution in [1.82, 2.24) is 5.32 Å². The van der Waals surface area contributed by atoms with Crippen LogP contribution in [0.5, 0.6) is 0 Å². The molecule has 13 heavy (non-hydrogen) atoms. The summed E-state index contributed by atoms with van der Waals surface area (Å²) in [5, 5.41) is 3.71. The molecule has 0 aromatic carbocycles. The van der Waals surface area contributed by atoms with E-state index in [1.54, 1.807) is 0 Å². The highest BCUT2D eigenvalue weighted by atomic mass is 15.0. The quantitative estimate of drug-likeness (QED) is 0.690. The van der Waals surface area contributed by atoms with E-state index in [0.717, 1.165) is 23.8 Å². The highest BCUT2D eigenvalue weighted by Crippen LogP contribution is 2.37. The Morgan fingerprint density at radius 2 is 2.00 bits per heavy atom. The highest BCUT2D eigenvalue weighted by Gasteiger charge is 2.36. The van der Waals surface area contributed by atoms with Gasteiger partial charge in [0.15, 0.2) is 0 Å². The van der Waals surface area contributed by atoms with Crippen molar-refractivity contribution >= 4 is 0 Å². The van der Waals surface area contributed by atoms with Gasteiger partial charge in [0.1, 0.15) is 0 Å². The lowest BCUT2D eigenvalue weighted by atomic mass is 9.77. The summed E-state index contributed by atoms with van der Waals surface area (Å²) in [5.74, 6) is 2.90. The van der Waals surface area contributed by atoms with Crippen LogP contribution in [-0.2, 0) is 0 Å². The van der Waals surface area contributed by atoms with Gasteiger partial charge in [0.25, 0.3) is 0 Å². The predicted octanol–water partition coefficient (Wildman–Crippen LogP) is 2.81. The van der Waals surface area contributed by atoms with Gasteiger partial charge in [0.2, 0.25) is 0 Å². The van der Waals surface area contributed by atoms with Crippen LogP contribution in [-0.4, -0.2) is 12.6 Å².